The van der Waals surface area contributed by atoms with Crippen LogP contribution in [0.1, 0.15) is 16.1 Å². The highest BCUT2D eigenvalue weighted by Crippen LogP contribution is 2.28. The predicted octanol–water partition coefficient (Wildman–Crippen LogP) is 3.24. The first-order valence-corrected chi connectivity index (χ1v) is 10.8. The maximum atomic E-state index is 12.8. The van der Waals surface area contributed by atoms with Gasteiger partial charge in [-0.2, -0.15) is 5.10 Å². The van der Waals surface area contributed by atoms with E-state index in [-0.39, 0.29) is 11.6 Å². The Kier molecular flexibility index (Phi) is 5.57. The van der Waals surface area contributed by atoms with Crippen molar-refractivity contribution in [3.63, 3.8) is 0 Å². The minimum absolute atomic E-state index is 0.265. The summed E-state index contributed by atoms with van der Waals surface area (Å²) in [5.74, 6) is 0.337. The van der Waals surface area contributed by atoms with Crippen LogP contribution in [-0.4, -0.2) is 57.3 Å². The highest BCUT2D eigenvalue weighted by Gasteiger charge is 2.17. The van der Waals surface area contributed by atoms with Gasteiger partial charge in [0.05, 0.1) is 29.1 Å². The first kappa shape index (κ1) is 19.6. The van der Waals surface area contributed by atoms with Crippen molar-refractivity contribution in [1.29, 1.82) is 0 Å². The fourth-order valence-electron chi connectivity index (χ4n) is 3.46. The van der Waals surface area contributed by atoms with E-state index in [2.05, 4.69) is 35.7 Å². The van der Waals surface area contributed by atoms with Crippen LogP contribution in [0.3, 0.4) is 0 Å². The van der Waals surface area contributed by atoms with E-state index in [4.69, 9.17) is 4.74 Å². The molecule has 1 saturated heterocycles. The number of hydrogen-bond donors (Lipinski definition) is 3. The summed E-state index contributed by atoms with van der Waals surface area (Å²) in [7, 11) is 0. The van der Waals surface area contributed by atoms with Crippen molar-refractivity contribution in [3.8, 4) is 0 Å². The second kappa shape index (κ2) is 8.80. The second-order valence-corrected chi connectivity index (χ2v) is 8.09. The van der Waals surface area contributed by atoms with E-state index < -0.39 is 0 Å². The molecule has 0 bridgehead atoms. The lowest BCUT2D eigenvalue weighted by atomic mass is 10.2. The maximum absolute atomic E-state index is 12.8. The van der Waals surface area contributed by atoms with Crippen LogP contribution in [0.5, 0.6) is 0 Å². The summed E-state index contributed by atoms with van der Waals surface area (Å²) in [4.78, 5) is 23.7. The van der Waals surface area contributed by atoms with Crippen molar-refractivity contribution >= 4 is 44.7 Å². The van der Waals surface area contributed by atoms with Gasteiger partial charge in [-0.05, 0) is 29.1 Å². The van der Waals surface area contributed by atoms with Gasteiger partial charge in [-0.15, -0.1) is 11.3 Å². The zero-order valence-electron chi connectivity index (χ0n) is 16.7. The lowest BCUT2D eigenvalue weighted by Crippen LogP contribution is -2.35. The van der Waals surface area contributed by atoms with Crippen LogP contribution in [-0.2, 0) is 11.3 Å². The molecule has 10 heteroatoms. The van der Waals surface area contributed by atoms with Crippen molar-refractivity contribution in [1.82, 2.24) is 25.1 Å². The molecule has 158 valence electrons. The molecule has 5 rings (SSSR count). The Morgan fingerprint density at radius 3 is 2.84 bits per heavy atom. The number of thiophene rings is 1. The van der Waals surface area contributed by atoms with Gasteiger partial charge in [-0.1, -0.05) is 12.1 Å². The predicted molar refractivity (Wildman–Crippen MR) is 120 cm³/mol. The van der Waals surface area contributed by atoms with Crippen molar-refractivity contribution in [2.75, 3.05) is 36.9 Å². The lowest BCUT2D eigenvalue weighted by molar-refractivity contribution is 0.0342. The van der Waals surface area contributed by atoms with E-state index in [0.29, 0.717) is 17.2 Å². The third kappa shape index (κ3) is 4.41. The number of nitrogens with one attached hydrogen (secondary N) is 3. The number of anilines is 3. The zero-order chi connectivity index (χ0) is 21.0. The van der Waals surface area contributed by atoms with Gasteiger partial charge in [0.25, 0.3) is 5.91 Å². The normalized spacial score (nSPS) is 14.6. The molecule has 4 aromatic rings. The summed E-state index contributed by atoms with van der Waals surface area (Å²) >= 11 is 1.54. The average Bonchev–Trinajstić information content (AvgIpc) is 3.46. The zero-order valence-corrected chi connectivity index (χ0v) is 17.5. The number of benzene rings is 1. The minimum atomic E-state index is -0.304. The molecule has 1 aliphatic heterocycles. The molecule has 0 aliphatic carbocycles. The lowest BCUT2D eigenvalue weighted by Gasteiger charge is -2.26. The molecule has 0 atom stereocenters. The molecule has 0 unspecified atom stereocenters. The van der Waals surface area contributed by atoms with Gasteiger partial charge in [0.15, 0.2) is 11.5 Å². The third-order valence-corrected chi connectivity index (χ3v) is 5.98. The molecule has 31 heavy (non-hydrogen) atoms. The SMILES string of the molecule is O=C(Nc1ccc(CN2CCOCC2)cc1)c1n[nH]cc1Nc1ncnc2ccsc12. The van der Waals surface area contributed by atoms with Crippen LogP contribution in [0, 0.1) is 0 Å². The molecule has 3 aromatic heterocycles. The molecule has 1 aromatic carbocycles. The largest absolute Gasteiger partial charge is 0.379 e. The first-order chi connectivity index (χ1) is 15.3. The number of ether oxygens (including phenoxy) is 1. The Balaban J connectivity index is 1.26. The van der Waals surface area contributed by atoms with Crippen LogP contribution >= 0.6 is 11.3 Å². The minimum Gasteiger partial charge on any atom is -0.379 e. The standard InChI is InChI=1S/C21H21N7O2S/c29-21(25-15-3-1-14(2-4-15)12-28-6-8-30-9-7-28)18-17(11-24-27-18)26-20-19-16(5-10-31-19)22-13-23-20/h1-5,10-11,13H,6-9,12H2,(H,24,27)(H,25,29)(H,22,23,26). The molecule has 0 spiro atoms. The quantitative estimate of drug-likeness (QED) is 0.427. The highest BCUT2D eigenvalue weighted by molar-refractivity contribution is 7.17. The van der Waals surface area contributed by atoms with E-state index >= 15 is 0 Å². The number of carbonyl (C=O) groups is 1. The molecule has 9 nitrogen and oxygen atoms in total. The Morgan fingerprint density at radius 1 is 1.16 bits per heavy atom. The number of nitrogens with zero attached hydrogens (tertiary/aromatic N) is 4. The van der Waals surface area contributed by atoms with E-state index in [1.54, 1.807) is 6.20 Å². The van der Waals surface area contributed by atoms with Gasteiger partial charge in [0.2, 0.25) is 0 Å². The van der Waals surface area contributed by atoms with Gasteiger partial charge in [0.1, 0.15) is 6.33 Å². The van der Waals surface area contributed by atoms with Crippen LogP contribution in [0.2, 0.25) is 0 Å². The van der Waals surface area contributed by atoms with Gasteiger partial charge in [-0.3, -0.25) is 14.8 Å². The van der Waals surface area contributed by atoms with Gasteiger partial charge in [-0.25, -0.2) is 9.97 Å². The molecule has 1 aliphatic rings. The third-order valence-electron chi connectivity index (χ3n) is 5.07. The Bertz CT molecular complexity index is 1180. The fourth-order valence-corrected chi connectivity index (χ4v) is 4.25. The smallest absolute Gasteiger partial charge is 0.278 e. The summed E-state index contributed by atoms with van der Waals surface area (Å²) in [5, 5.41) is 14.9. The number of morpholine rings is 1. The van der Waals surface area contributed by atoms with Crippen molar-refractivity contribution < 1.29 is 9.53 Å². The van der Waals surface area contributed by atoms with Crippen LogP contribution in [0.15, 0.2) is 48.2 Å². The molecule has 0 saturated carbocycles. The average molecular weight is 436 g/mol. The van der Waals surface area contributed by atoms with E-state index in [9.17, 15) is 4.79 Å². The van der Waals surface area contributed by atoms with E-state index in [1.165, 1.54) is 23.2 Å². The number of amides is 1. The summed E-state index contributed by atoms with van der Waals surface area (Å²) in [6.45, 7) is 4.32. The number of fused-ring (bicyclic) bond motifs is 1. The van der Waals surface area contributed by atoms with E-state index in [0.717, 1.165) is 43.1 Å². The van der Waals surface area contributed by atoms with Crippen molar-refractivity contribution in [2.45, 2.75) is 6.54 Å². The second-order valence-electron chi connectivity index (χ2n) is 7.17. The monoisotopic (exact) mass is 435 g/mol. The highest BCUT2D eigenvalue weighted by atomic mass is 32.1. The van der Waals surface area contributed by atoms with Crippen LogP contribution in [0.4, 0.5) is 17.2 Å². The maximum Gasteiger partial charge on any atom is 0.278 e. The molecule has 1 amide bonds. The Labute approximate surface area is 182 Å². The first-order valence-electron chi connectivity index (χ1n) is 9.96. The van der Waals surface area contributed by atoms with Crippen molar-refractivity contribution in [3.05, 3.63) is 59.5 Å². The van der Waals surface area contributed by atoms with Crippen LogP contribution in [0.25, 0.3) is 10.2 Å². The topological polar surface area (TPSA) is 108 Å². The Morgan fingerprint density at radius 2 is 2.00 bits per heavy atom. The number of rotatable bonds is 6. The Hall–Kier alpha value is -3.34. The molecular weight excluding hydrogens is 414 g/mol. The molecule has 1 fully saturated rings. The van der Waals surface area contributed by atoms with Gasteiger partial charge in [0, 0.05) is 31.5 Å². The summed E-state index contributed by atoms with van der Waals surface area (Å²) in [5.41, 5.74) is 3.59. The summed E-state index contributed by atoms with van der Waals surface area (Å²) < 4.78 is 6.31. The number of aromatic nitrogens is 4. The number of H-pyrrole nitrogens is 1. The van der Waals surface area contributed by atoms with Crippen molar-refractivity contribution in [2.24, 2.45) is 0 Å². The summed E-state index contributed by atoms with van der Waals surface area (Å²) in [6, 6.07) is 9.81. The molecule has 3 N–H and O–H groups in total. The van der Waals surface area contributed by atoms with E-state index in [1.807, 2.05) is 35.7 Å². The number of hydrogen-bond acceptors (Lipinski definition) is 8. The number of carbonyl (C=O) groups excluding carboxylic acids is 1. The number of aromatic amines is 1. The summed E-state index contributed by atoms with van der Waals surface area (Å²) in [6.07, 6.45) is 3.14. The molecule has 4 heterocycles. The van der Waals surface area contributed by atoms with Gasteiger partial charge < -0.3 is 15.4 Å². The fraction of sp³-hybridized carbons (Fsp3) is 0.238. The van der Waals surface area contributed by atoms with Gasteiger partial charge >= 0.3 is 0 Å². The molecular formula is C21H21N7O2S. The van der Waals surface area contributed by atoms with Crippen LogP contribution < -0.4 is 10.6 Å². The molecule has 0 radical (unpaired) electrons.